The van der Waals surface area contributed by atoms with Gasteiger partial charge in [0.1, 0.15) is 5.82 Å². The van der Waals surface area contributed by atoms with Crippen LogP contribution in [0.2, 0.25) is 0 Å². The van der Waals surface area contributed by atoms with Crippen molar-refractivity contribution in [3.05, 3.63) is 22.4 Å². The zero-order chi connectivity index (χ0) is 12.4. The summed E-state index contributed by atoms with van der Waals surface area (Å²) in [6.07, 6.45) is 5.57. The summed E-state index contributed by atoms with van der Waals surface area (Å²) >= 11 is 1.46. The molecule has 1 saturated carbocycles. The summed E-state index contributed by atoms with van der Waals surface area (Å²) in [4.78, 5) is 20.9. The van der Waals surface area contributed by atoms with E-state index in [0.717, 1.165) is 23.5 Å². The average molecular weight is 263 g/mol. The topological polar surface area (TPSA) is 83.6 Å². The largest absolute Gasteiger partial charge is 0.293 e. The summed E-state index contributed by atoms with van der Waals surface area (Å²) in [5.74, 6) is 1.63. The highest BCUT2D eigenvalue weighted by atomic mass is 32.1. The molecule has 2 heterocycles. The molecule has 94 valence electrons. The lowest BCUT2D eigenvalue weighted by molar-refractivity contribution is -0.115. The fourth-order valence-corrected chi connectivity index (χ4v) is 2.44. The van der Waals surface area contributed by atoms with Crippen LogP contribution in [-0.2, 0) is 11.2 Å². The van der Waals surface area contributed by atoms with Crippen LogP contribution in [0.15, 0.2) is 11.7 Å². The third kappa shape index (κ3) is 2.40. The van der Waals surface area contributed by atoms with Gasteiger partial charge in [-0.25, -0.2) is 0 Å². The molecule has 0 radical (unpaired) electrons. The van der Waals surface area contributed by atoms with Crippen molar-refractivity contribution < 1.29 is 4.79 Å². The molecule has 0 unspecified atom stereocenters. The predicted octanol–water partition coefficient (Wildman–Crippen LogP) is 1.71. The van der Waals surface area contributed by atoms with Crippen molar-refractivity contribution in [2.24, 2.45) is 0 Å². The molecule has 1 amide bonds. The lowest BCUT2D eigenvalue weighted by Gasteiger charge is -2.22. The molecule has 2 N–H and O–H groups in total. The van der Waals surface area contributed by atoms with Gasteiger partial charge in [0.2, 0.25) is 11.9 Å². The number of nitrogens with one attached hydrogen (secondary N) is 2. The van der Waals surface area contributed by atoms with E-state index in [1.54, 1.807) is 11.7 Å². The third-order valence-corrected chi connectivity index (χ3v) is 3.84. The number of hydrogen-bond donors (Lipinski definition) is 2. The van der Waals surface area contributed by atoms with Gasteiger partial charge in [-0.15, -0.1) is 16.4 Å². The number of amides is 1. The number of carbonyl (C=O) groups excluding carboxylic acids is 1. The van der Waals surface area contributed by atoms with Crippen molar-refractivity contribution in [2.75, 3.05) is 5.32 Å². The summed E-state index contributed by atoms with van der Waals surface area (Å²) in [6.45, 7) is 0. The van der Waals surface area contributed by atoms with E-state index in [4.69, 9.17) is 0 Å². The standard InChI is InChI=1S/C11H13N5OS/c17-9(4-8-5-12-6-18-8)13-11-14-10(15-16-11)7-2-1-3-7/h5-7H,1-4H2,(H2,13,14,15,16,17). The summed E-state index contributed by atoms with van der Waals surface area (Å²) in [6, 6.07) is 0. The third-order valence-electron chi connectivity index (χ3n) is 3.06. The van der Waals surface area contributed by atoms with Crippen molar-refractivity contribution in [2.45, 2.75) is 31.6 Å². The summed E-state index contributed by atoms with van der Waals surface area (Å²) in [7, 11) is 0. The number of aromatic nitrogens is 4. The number of carbonyl (C=O) groups is 1. The molecule has 0 aromatic carbocycles. The van der Waals surface area contributed by atoms with Gasteiger partial charge in [0.15, 0.2) is 0 Å². The molecule has 6 nitrogen and oxygen atoms in total. The highest BCUT2D eigenvalue weighted by Crippen LogP contribution is 2.34. The van der Waals surface area contributed by atoms with E-state index in [-0.39, 0.29) is 5.91 Å². The molecule has 0 spiro atoms. The Morgan fingerprint density at radius 3 is 3.11 bits per heavy atom. The first-order chi connectivity index (χ1) is 8.81. The summed E-state index contributed by atoms with van der Waals surface area (Å²) in [5, 5.41) is 9.58. The van der Waals surface area contributed by atoms with Gasteiger partial charge in [0.05, 0.1) is 11.9 Å². The molecule has 2 aromatic heterocycles. The second-order valence-corrected chi connectivity index (χ2v) is 5.34. The van der Waals surface area contributed by atoms with E-state index < -0.39 is 0 Å². The molecule has 1 aliphatic rings. The van der Waals surface area contributed by atoms with Crippen molar-refractivity contribution >= 4 is 23.2 Å². The molecule has 18 heavy (non-hydrogen) atoms. The minimum atomic E-state index is -0.113. The van der Waals surface area contributed by atoms with E-state index in [0.29, 0.717) is 18.3 Å². The molecule has 1 aliphatic carbocycles. The van der Waals surface area contributed by atoms with Gasteiger partial charge < -0.3 is 0 Å². The SMILES string of the molecule is O=C(Cc1cncs1)Nc1n[nH]c(C2CCC2)n1. The highest BCUT2D eigenvalue weighted by Gasteiger charge is 2.23. The molecule has 2 aromatic rings. The molecule has 1 fully saturated rings. The highest BCUT2D eigenvalue weighted by molar-refractivity contribution is 7.09. The second kappa shape index (κ2) is 4.85. The monoisotopic (exact) mass is 263 g/mol. The van der Waals surface area contributed by atoms with Gasteiger partial charge >= 0.3 is 0 Å². The number of hydrogen-bond acceptors (Lipinski definition) is 5. The summed E-state index contributed by atoms with van der Waals surface area (Å²) < 4.78 is 0. The number of rotatable bonds is 4. The van der Waals surface area contributed by atoms with Crippen LogP contribution < -0.4 is 5.32 Å². The van der Waals surface area contributed by atoms with E-state index in [1.165, 1.54) is 17.8 Å². The predicted molar refractivity (Wildman–Crippen MR) is 67.4 cm³/mol. The lowest BCUT2D eigenvalue weighted by Crippen LogP contribution is -2.15. The van der Waals surface area contributed by atoms with Crippen LogP contribution in [0.3, 0.4) is 0 Å². The van der Waals surface area contributed by atoms with Gasteiger partial charge in [-0.05, 0) is 12.8 Å². The van der Waals surface area contributed by atoms with E-state index in [1.807, 2.05) is 0 Å². The molecule has 3 rings (SSSR count). The van der Waals surface area contributed by atoms with Crippen molar-refractivity contribution in [1.82, 2.24) is 20.2 Å². The lowest BCUT2D eigenvalue weighted by atomic mass is 9.85. The Hall–Kier alpha value is -1.76. The molecule has 0 aliphatic heterocycles. The zero-order valence-corrected chi connectivity index (χ0v) is 10.5. The molecule has 0 bridgehead atoms. The van der Waals surface area contributed by atoms with Crippen LogP contribution in [0.25, 0.3) is 0 Å². The maximum absolute atomic E-state index is 11.7. The van der Waals surface area contributed by atoms with Crippen LogP contribution in [0.5, 0.6) is 0 Å². The molecule has 0 saturated heterocycles. The molecular weight excluding hydrogens is 250 g/mol. The van der Waals surface area contributed by atoms with Crippen LogP contribution in [-0.4, -0.2) is 26.1 Å². The number of anilines is 1. The maximum atomic E-state index is 11.7. The minimum Gasteiger partial charge on any atom is -0.293 e. The Morgan fingerprint density at radius 2 is 2.44 bits per heavy atom. The Balaban J connectivity index is 1.58. The van der Waals surface area contributed by atoms with Gasteiger partial charge in [-0.2, -0.15) is 4.98 Å². The van der Waals surface area contributed by atoms with Gasteiger partial charge in [0.25, 0.3) is 0 Å². The Labute approximate surface area is 108 Å². The minimum absolute atomic E-state index is 0.113. The first-order valence-electron chi connectivity index (χ1n) is 5.91. The number of nitrogens with zero attached hydrogens (tertiary/aromatic N) is 3. The van der Waals surface area contributed by atoms with Crippen LogP contribution in [0.4, 0.5) is 5.95 Å². The number of H-pyrrole nitrogens is 1. The van der Waals surface area contributed by atoms with Crippen molar-refractivity contribution in [3.8, 4) is 0 Å². The fraction of sp³-hybridized carbons (Fsp3) is 0.455. The Kier molecular flexibility index (Phi) is 3.06. The van der Waals surface area contributed by atoms with Gasteiger partial charge in [-0.3, -0.25) is 20.2 Å². The maximum Gasteiger partial charge on any atom is 0.248 e. The van der Waals surface area contributed by atoms with E-state index in [2.05, 4.69) is 25.5 Å². The van der Waals surface area contributed by atoms with Crippen molar-refractivity contribution in [3.63, 3.8) is 0 Å². The zero-order valence-electron chi connectivity index (χ0n) is 9.72. The van der Waals surface area contributed by atoms with Gasteiger partial charge in [-0.1, -0.05) is 6.42 Å². The smallest absolute Gasteiger partial charge is 0.248 e. The van der Waals surface area contributed by atoms with Crippen molar-refractivity contribution in [1.29, 1.82) is 0 Å². The van der Waals surface area contributed by atoms with Gasteiger partial charge in [0, 0.05) is 17.0 Å². The van der Waals surface area contributed by atoms with Crippen LogP contribution in [0.1, 0.15) is 35.9 Å². The quantitative estimate of drug-likeness (QED) is 0.879. The van der Waals surface area contributed by atoms with E-state index >= 15 is 0 Å². The first-order valence-corrected chi connectivity index (χ1v) is 6.79. The Bertz CT molecular complexity index is 531. The summed E-state index contributed by atoms with van der Waals surface area (Å²) in [5.41, 5.74) is 1.71. The number of thiazole rings is 1. The molecule has 7 heteroatoms. The average Bonchev–Trinajstić information content (AvgIpc) is 2.88. The first kappa shape index (κ1) is 11.3. The second-order valence-electron chi connectivity index (χ2n) is 4.36. The van der Waals surface area contributed by atoms with Crippen LogP contribution >= 0.6 is 11.3 Å². The Morgan fingerprint density at radius 1 is 1.56 bits per heavy atom. The normalized spacial score (nSPS) is 15.3. The fourth-order valence-electron chi connectivity index (χ4n) is 1.85. The van der Waals surface area contributed by atoms with Crippen LogP contribution in [0, 0.1) is 0 Å². The molecular formula is C11H13N5OS. The van der Waals surface area contributed by atoms with E-state index in [9.17, 15) is 4.79 Å². The number of aromatic amines is 1. The molecule has 0 atom stereocenters.